The summed E-state index contributed by atoms with van der Waals surface area (Å²) in [7, 11) is 0.260. The first-order valence-corrected chi connectivity index (χ1v) is 6.47. The zero-order valence-corrected chi connectivity index (χ0v) is 9.31. The molecule has 0 radical (unpaired) electrons. The molecule has 0 aromatic heterocycles. The van der Waals surface area contributed by atoms with E-state index in [4.69, 9.17) is 0 Å². The van der Waals surface area contributed by atoms with E-state index in [0.717, 1.165) is 25.7 Å². The summed E-state index contributed by atoms with van der Waals surface area (Å²) in [5.74, 6) is 0. The van der Waals surface area contributed by atoms with Gasteiger partial charge in [-0.1, -0.05) is 25.7 Å². The highest BCUT2D eigenvalue weighted by Gasteiger charge is 2.27. The SMILES string of the molecule is CN(C)S(=O)(=O)C1CCCCCC1. The highest BCUT2D eigenvalue weighted by atomic mass is 32.2. The van der Waals surface area contributed by atoms with E-state index in [1.54, 1.807) is 14.1 Å². The second-order valence-corrected chi connectivity index (χ2v) is 6.37. The molecule has 0 spiro atoms. The fraction of sp³-hybridized carbons (Fsp3) is 1.00. The van der Waals surface area contributed by atoms with Crippen molar-refractivity contribution < 1.29 is 8.42 Å². The lowest BCUT2D eigenvalue weighted by molar-refractivity contribution is 0.493. The van der Waals surface area contributed by atoms with Crippen LogP contribution in [0.4, 0.5) is 0 Å². The van der Waals surface area contributed by atoms with E-state index in [2.05, 4.69) is 0 Å². The molecule has 4 heteroatoms. The molecule has 0 aromatic carbocycles. The normalized spacial score (nSPS) is 21.8. The number of rotatable bonds is 2. The van der Waals surface area contributed by atoms with Gasteiger partial charge in [-0.25, -0.2) is 12.7 Å². The first kappa shape index (κ1) is 11.0. The Hall–Kier alpha value is -0.0900. The van der Waals surface area contributed by atoms with E-state index in [0.29, 0.717) is 0 Å². The standard InChI is InChI=1S/C9H19NO2S/c1-10(2)13(11,12)9-7-5-3-4-6-8-9/h9H,3-8H2,1-2H3. The maximum atomic E-state index is 11.8. The van der Waals surface area contributed by atoms with Crippen molar-refractivity contribution in [3.05, 3.63) is 0 Å². The van der Waals surface area contributed by atoms with E-state index in [9.17, 15) is 8.42 Å². The number of nitrogens with zero attached hydrogens (tertiary/aromatic N) is 1. The van der Waals surface area contributed by atoms with Crippen molar-refractivity contribution in [3.8, 4) is 0 Å². The van der Waals surface area contributed by atoms with Gasteiger partial charge in [-0.05, 0) is 12.8 Å². The number of hydrogen-bond acceptors (Lipinski definition) is 2. The second-order valence-electron chi connectivity index (χ2n) is 3.94. The van der Waals surface area contributed by atoms with Gasteiger partial charge in [0.25, 0.3) is 0 Å². The maximum absolute atomic E-state index is 11.8. The Bertz CT molecular complexity index is 238. The average molecular weight is 205 g/mol. The summed E-state index contributed by atoms with van der Waals surface area (Å²) < 4.78 is 24.9. The quantitative estimate of drug-likeness (QED) is 0.642. The molecular formula is C9H19NO2S. The van der Waals surface area contributed by atoms with Gasteiger partial charge in [-0.2, -0.15) is 0 Å². The molecule has 0 amide bonds. The van der Waals surface area contributed by atoms with Crippen LogP contribution in [0.25, 0.3) is 0 Å². The molecule has 0 aliphatic heterocycles. The van der Waals surface area contributed by atoms with Gasteiger partial charge in [0.05, 0.1) is 5.25 Å². The molecule has 1 rings (SSSR count). The smallest absolute Gasteiger partial charge is 0.212 e. The molecular weight excluding hydrogens is 186 g/mol. The van der Waals surface area contributed by atoms with Crippen LogP contribution in [0.1, 0.15) is 38.5 Å². The zero-order chi connectivity index (χ0) is 9.90. The van der Waals surface area contributed by atoms with Crippen molar-refractivity contribution in [1.29, 1.82) is 0 Å². The van der Waals surface area contributed by atoms with Gasteiger partial charge in [0.1, 0.15) is 0 Å². The lowest BCUT2D eigenvalue weighted by Crippen LogP contribution is -2.33. The van der Waals surface area contributed by atoms with Gasteiger partial charge in [0.2, 0.25) is 10.0 Å². The molecule has 0 N–H and O–H groups in total. The minimum atomic E-state index is -2.99. The summed E-state index contributed by atoms with van der Waals surface area (Å²) in [6.07, 6.45) is 6.22. The molecule has 0 saturated heterocycles. The topological polar surface area (TPSA) is 37.4 Å². The third-order valence-corrected chi connectivity index (χ3v) is 5.06. The van der Waals surface area contributed by atoms with E-state index in [1.165, 1.54) is 17.1 Å². The van der Waals surface area contributed by atoms with Crippen molar-refractivity contribution in [2.75, 3.05) is 14.1 Å². The molecule has 0 unspecified atom stereocenters. The molecule has 0 atom stereocenters. The first-order chi connectivity index (χ1) is 6.05. The van der Waals surface area contributed by atoms with Crippen LogP contribution in [-0.4, -0.2) is 32.1 Å². The zero-order valence-electron chi connectivity index (χ0n) is 8.49. The minimum Gasteiger partial charge on any atom is -0.212 e. The predicted molar refractivity (Wildman–Crippen MR) is 54.1 cm³/mol. The second kappa shape index (κ2) is 4.42. The van der Waals surface area contributed by atoms with E-state index in [-0.39, 0.29) is 5.25 Å². The van der Waals surface area contributed by atoms with Crippen LogP contribution in [0, 0.1) is 0 Å². The molecule has 0 heterocycles. The number of hydrogen-bond donors (Lipinski definition) is 0. The fourth-order valence-electron chi connectivity index (χ4n) is 1.84. The van der Waals surface area contributed by atoms with Crippen LogP contribution in [0.3, 0.4) is 0 Å². The number of sulfonamides is 1. The summed E-state index contributed by atoms with van der Waals surface area (Å²) in [5, 5.41) is -0.120. The highest BCUT2D eigenvalue weighted by molar-refractivity contribution is 7.89. The summed E-state index contributed by atoms with van der Waals surface area (Å²) in [4.78, 5) is 0. The van der Waals surface area contributed by atoms with Crippen molar-refractivity contribution in [2.24, 2.45) is 0 Å². The van der Waals surface area contributed by atoms with Crippen LogP contribution in [0.2, 0.25) is 0 Å². The lowest BCUT2D eigenvalue weighted by Gasteiger charge is -2.19. The van der Waals surface area contributed by atoms with E-state index in [1.807, 2.05) is 0 Å². The highest BCUT2D eigenvalue weighted by Crippen LogP contribution is 2.23. The monoisotopic (exact) mass is 205 g/mol. The minimum absolute atomic E-state index is 0.120. The summed E-state index contributed by atoms with van der Waals surface area (Å²) in [5.41, 5.74) is 0. The summed E-state index contributed by atoms with van der Waals surface area (Å²) in [6.45, 7) is 0. The first-order valence-electron chi connectivity index (χ1n) is 4.96. The van der Waals surface area contributed by atoms with Gasteiger partial charge in [-0.3, -0.25) is 0 Å². The Morgan fingerprint density at radius 2 is 1.46 bits per heavy atom. The van der Waals surface area contributed by atoms with Crippen molar-refractivity contribution >= 4 is 10.0 Å². The third kappa shape index (κ3) is 2.68. The Kier molecular flexibility index (Phi) is 3.74. The van der Waals surface area contributed by atoms with Gasteiger partial charge < -0.3 is 0 Å². The Balaban J connectivity index is 2.69. The van der Waals surface area contributed by atoms with Crippen LogP contribution in [-0.2, 0) is 10.0 Å². The summed E-state index contributed by atoms with van der Waals surface area (Å²) in [6, 6.07) is 0. The van der Waals surface area contributed by atoms with Gasteiger partial charge >= 0.3 is 0 Å². The maximum Gasteiger partial charge on any atom is 0.216 e. The van der Waals surface area contributed by atoms with Crippen molar-refractivity contribution in [3.63, 3.8) is 0 Å². The summed E-state index contributed by atoms with van der Waals surface area (Å²) >= 11 is 0. The van der Waals surface area contributed by atoms with Gasteiger partial charge in [0.15, 0.2) is 0 Å². The Morgan fingerprint density at radius 1 is 1.00 bits per heavy atom. The predicted octanol–water partition coefficient (Wildman–Crippen LogP) is 1.60. The van der Waals surface area contributed by atoms with Gasteiger partial charge in [0, 0.05) is 14.1 Å². The largest absolute Gasteiger partial charge is 0.216 e. The van der Waals surface area contributed by atoms with E-state index >= 15 is 0 Å². The van der Waals surface area contributed by atoms with Crippen LogP contribution in [0.15, 0.2) is 0 Å². The molecule has 0 aromatic rings. The molecule has 1 fully saturated rings. The third-order valence-electron chi connectivity index (χ3n) is 2.73. The molecule has 0 bridgehead atoms. The van der Waals surface area contributed by atoms with Crippen molar-refractivity contribution in [2.45, 2.75) is 43.8 Å². The molecule has 1 aliphatic carbocycles. The Morgan fingerprint density at radius 3 is 1.85 bits per heavy atom. The van der Waals surface area contributed by atoms with Crippen molar-refractivity contribution in [1.82, 2.24) is 4.31 Å². The van der Waals surface area contributed by atoms with Crippen LogP contribution >= 0.6 is 0 Å². The molecule has 1 saturated carbocycles. The fourth-order valence-corrected chi connectivity index (χ4v) is 3.36. The van der Waals surface area contributed by atoms with E-state index < -0.39 is 10.0 Å². The molecule has 13 heavy (non-hydrogen) atoms. The van der Waals surface area contributed by atoms with Crippen LogP contribution in [0.5, 0.6) is 0 Å². The Labute approximate surface area is 81.2 Å². The van der Waals surface area contributed by atoms with Crippen LogP contribution < -0.4 is 0 Å². The van der Waals surface area contributed by atoms with Gasteiger partial charge in [-0.15, -0.1) is 0 Å². The lowest BCUT2D eigenvalue weighted by atomic mass is 10.2. The molecule has 3 nitrogen and oxygen atoms in total. The molecule has 1 aliphatic rings. The molecule has 78 valence electrons. The average Bonchev–Trinajstić information content (AvgIpc) is 2.31.